The number of Topliss-reactive ketones (excluding diaryl/α,β-unsaturated/α-hetero) is 3. The molecule has 0 bridgehead atoms. The molecule has 0 unspecified atom stereocenters. The Kier molecular flexibility index (Phi) is 6.48. The van der Waals surface area contributed by atoms with E-state index in [1.54, 1.807) is 19.0 Å². The van der Waals surface area contributed by atoms with Gasteiger partial charge in [0.2, 0.25) is 5.78 Å². The lowest BCUT2D eigenvalue weighted by Crippen LogP contribution is -2.63. The van der Waals surface area contributed by atoms with Crippen LogP contribution in [-0.2, 0) is 29.1 Å². The van der Waals surface area contributed by atoms with Crippen LogP contribution in [-0.4, -0.2) is 86.0 Å². The first-order chi connectivity index (χ1) is 18.6. The van der Waals surface area contributed by atoms with E-state index in [0.29, 0.717) is 30.0 Å². The van der Waals surface area contributed by atoms with Crippen LogP contribution in [0.1, 0.15) is 67.6 Å². The molecule has 0 aromatic heterocycles. The summed E-state index contributed by atoms with van der Waals surface area (Å²) in [4.78, 5) is 43.8. The number of nitrogens with zero attached hydrogens (tertiary/aromatic N) is 2. The number of hydrogen-bond donors (Lipinski definition) is 4. The monoisotopic (exact) mass is 554 g/mol. The minimum Gasteiger partial charge on any atom is -0.510 e. The highest BCUT2D eigenvalue weighted by Gasteiger charge is 2.63. The lowest BCUT2D eigenvalue weighted by molar-refractivity contribution is -0.148. The van der Waals surface area contributed by atoms with E-state index in [1.165, 1.54) is 7.11 Å². The molecule has 216 valence electrons. The largest absolute Gasteiger partial charge is 0.510 e. The average Bonchev–Trinajstić information content (AvgIpc) is 3.33. The van der Waals surface area contributed by atoms with E-state index >= 15 is 0 Å². The summed E-state index contributed by atoms with van der Waals surface area (Å²) in [6.45, 7) is 8.37. The number of methoxy groups -OCH3 is 1. The SMILES string of the molecule is CCC(C)(C)N1Cc2c(O)c3c(c(OC)c2C1)C[C@H]1C[C@H]2[C@H](N(C)C)C(O)=C(C(C)=O)C(=O)[C@@]2(O)C(O)=C1C3=O. The molecule has 3 aliphatic carbocycles. The van der Waals surface area contributed by atoms with Crippen LogP contribution in [0.5, 0.6) is 11.5 Å². The number of phenols is 1. The number of fused-ring (bicyclic) bond motifs is 4. The van der Waals surface area contributed by atoms with Gasteiger partial charge in [0.15, 0.2) is 17.2 Å². The summed E-state index contributed by atoms with van der Waals surface area (Å²) < 4.78 is 5.86. The standard InChI is InChI=1S/C30H38N2O8/c1-8-29(3,4)32-11-16-17(12-32)26(40-7)15-9-14-10-18-22(31(5)6)25(36)19(13(2)33)27(37)30(18,39)28(38)20(14)24(35)21(15)23(16)34/h14,18,22,34,36,38-39H,8-12H2,1-7H3/t14-,18-,22-,30+/m0/s1. The lowest BCUT2D eigenvalue weighted by atomic mass is 9.58. The number of aromatic hydroxyl groups is 1. The van der Waals surface area contributed by atoms with Crippen molar-refractivity contribution in [3.63, 3.8) is 0 Å². The van der Waals surface area contributed by atoms with Gasteiger partial charge in [0.25, 0.3) is 0 Å². The first-order valence-corrected chi connectivity index (χ1v) is 13.7. The minimum atomic E-state index is -2.58. The van der Waals surface area contributed by atoms with Gasteiger partial charge in [-0.05, 0) is 60.0 Å². The molecule has 1 aromatic rings. The summed E-state index contributed by atoms with van der Waals surface area (Å²) in [6.07, 6.45) is 1.16. The molecule has 40 heavy (non-hydrogen) atoms. The number of ketones is 3. The first-order valence-electron chi connectivity index (χ1n) is 13.7. The van der Waals surface area contributed by atoms with Crippen LogP contribution in [0.15, 0.2) is 22.7 Å². The van der Waals surface area contributed by atoms with E-state index < -0.39 is 57.9 Å². The third-order valence-electron chi connectivity index (χ3n) is 9.78. The molecule has 1 heterocycles. The molecule has 1 aromatic carbocycles. The summed E-state index contributed by atoms with van der Waals surface area (Å²) in [6, 6.07) is -0.957. The number of rotatable bonds is 5. The zero-order valence-corrected chi connectivity index (χ0v) is 24.1. The molecular weight excluding hydrogens is 516 g/mol. The van der Waals surface area contributed by atoms with Crippen molar-refractivity contribution in [2.24, 2.45) is 11.8 Å². The zero-order valence-electron chi connectivity index (χ0n) is 24.1. The molecule has 0 fully saturated rings. The maximum Gasteiger partial charge on any atom is 0.209 e. The van der Waals surface area contributed by atoms with Crippen LogP contribution >= 0.6 is 0 Å². The summed E-state index contributed by atoms with van der Waals surface area (Å²) in [5, 5.41) is 45.8. The van der Waals surface area contributed by atoms with Gasteiger partial charge in [-0.2, -0.15) is 0 Å². The Hall–Kier alpha value is -3.21. The van der Waals surface area contributed by atoms with Gasteiger partial charge in [-0.25, -0.2) is 0 Å². The Morgan fingerprint density at radius 3 is 2.30 bits per heavy atom. The third kappa shape index (κ3) is 3.55. The fraction of sp³-hybridized carbons (Fsp3) is 0.567. The van der Waals surface area contributed by atoms with Gasteiger partial charge in [-0.1, -0.05) is 6.92 Å². The summed E-state index contributed by atoms with van der Waals surface area (Å²) in [7, 11) is 4.81. The highest BCUT2D eigenvalue weighted by molar-refractivity contribution is 6.25. The molecule has 10 heteroatoms. The van der Waals surface area contributed by atoms with E-state index in [9.17, 15) is 34.8 Å². The highest BCUT2D eigenvalue weighted by Crippen LogP contribution is 2.55. The van der Waals surface area contributed by atoms with Gasteiger partial charge in [0.05, 0.1) is 18.7 Å². The van der Waals surface area contributed by atoms with E-state index in [0.717, 1.165) is 18.9 Å². The second-order valence-electron chi connectivity index (χ2n) is 12.4. The lowest BCUT2D eigenvalue weighted by Gasteiger charge is -2.50. The fourth-order valence-corrected chi connectivity index (χ4v) is 7.23. The van der Waals surface area contributed by atoms with Crippen molar-refractivity contribution in [2.45, 2.75) is 77.2 Å². The Bertz CT molecular complexity index is 1420. The van der Waals surface area contributed by atoms with Crippen molar-refractivity contribution in [2.75, 3.05) is 21.2 Å². The highest BCUT2D eigenvalue weighted by atomic mass is 16.5. The number of aliphatic hydroxyl groups is 3. The van der Waals surface area contributed by atoms with Crippen molar-refractivity contribution in [3.8, 4) is 11.5 Å². The number of ether oxygens (including phenoxy) is 1. The van der Waals surface area contributed by atoms with Crippen LogP contribution in [0, 0.1) is 11.8 Å². The van der Waals surface area contributed by atoms with Crippen LogP contribution in [0.3, 0.4) is 0 Å². The van der Waals surface area contributed by atoms with Crippen LogP contribution in [0.4, 0.5) is 0 Å². The van der Waals surface area contributed by atoms with E-state index in [4.69, 9.17) is 4.74 Å². The van der Waals surface area contributed by atoms with Crippen LogP contribution < -0.4 is 4.74 Å². The number of likely N-dealkylation sites (N-methyl/N-ethyl adjacent to an activating group) is 1. The number of hydrogen-bond acceptors (Lipinski definition) is 10. The number of allylic oxidation sites excluding steroid dienone is 1. The molecule has 4 aliphatic rings. The van der Waals surface area contributed by atoms with Crippen LogP contribution in [0.25, 0.3) is 0 Å². The van der Waals surface area contributed by atoms with Gasteiger partial charge in [0.1, 0.15) is 28.6 Å². The summed E-state index contributed by atoms with van der Waals surface area (Å²) in [5.41, 5.74) is -1.55. The number of benzene rings is 1. The molecule has 1 aliphatic heterocycles. The molecule has 0 saturated heterocycles. The topological polar surface area (TPSA) is 148 Å². The van der Waals surface area contributed by atoms with Gasteiger partial charge in [-0.15, -0.1) is 0 Å². The Balaban J connectivity index is 1.70. The third-order valence-corrected chi connectivity index (χ3v) is 9.78. The van der Waals surface area contributed by atoms with Crippen molar-refractivity contribution >= 4 is 17.3 Å². The molecular formula is C30H38N2O8. The Labute approximate surface area is 233 Å². The van der Waals surface area contributed by atoms with Crippen molar-refractivity contribution in [1.82, 2.24) is 9.80 Å². The van der Waals surface area contributed by atoms with Crippen molar-refractivity contribution < 1.29 is 39.5 Å². The normalized spacial score (nSPS) is 28.5. The average molecular weight is 555 g/mol. The maximum absolute atomic E-state index is 14.1. The second kappa shape index (κ2) is 9.15. The molecule has 10 nitrogen and oxygen atoms in total. The van der Waals surface area contributed by atoms with E-state index in [2.05, 4.69) is 25.7 Å². The second-order valence-corrected chi connectivity index (χ2v) is 12.4. The molecule has 4 atom stereocenters. The smallest absolute Gasteiger partial charge is 0.209 e. The molecule has 5 rings (SSSR count). The number of phenolic OH excluding ortho intramolecular Hbond substituents is 1. The molecule has 0 saturated carbocycles. The summed E-state index contributed by atoms with van der Waals surface area (Å²) in [5.74, 6) is -5.15. The Morgan fingerprint density at radius 1 is 1.12 bits per heavy atom. The fourth-order valence-electron chi connectivity index (χ4n) is 7.23. The number of aliphatic hydroxyl groups excluding tert-OH is 2. The quantitative estimate of drug-likeness (QED) is 0.401. The van der Waals surface area contributed by atoms with Gasteiger partial charge in [0, 0.05) is 46.8 Å². The molecule has 4 N–H and O–H groups in total. The van der Waals surface area contributed by atoms with Crippen LogP contribution in [0.2, 0.25) is 0 Å². The van der Waals surface area contributed by atoms with E-state index in [1.807, 2.05) is 0 Å². The van der Waals surface area contributed by atoms with Gasteiger partial charge < -0.3 is 25.2 Å². The summed E-state index contributed by atoms with van der Waals surface area (Å²) >= 11 is 0. The maximum atomic E-state index is 14.1. The molecule has 0 amide bonds. The molecule has 0 spiro atoms. The van der Waals surface area contributed by atoms with Crippen molar-refractivity contribution in [1.29, 1.82) is 0 Å². The minimum absolute atomic E-state index is 0.00389. The van der Waals surface area contributed by atoms with Gasteiger partial charge >= 0.3 is 0 Å². The number of carbonyl (C=O) groups excluding carboxylic acids is 3. The first kappa shape index (κ1) is 28.3. The molecule has 0 radical (unpaired) electrons. The predicted molar refractivity (Wildman–Crippen MR) is 145 cm³/mol. The number of carbonyl (C=O) groups is 3. The predicted octanol–water partition coefficient (Wildman–Crippen LogP) is 2.74. The van der Waals surface area contributed by atoms with E-state index in [-0.39, 0.29) is 35.3 Å². The zero-order chi connectivity index (χ0) is 29.6. The van der Waals surface area contributed by atoms with Gasteiger partial charge in [-0.3, -0.25) is 24.2 Å². The van der Waals surface area contributed by atoms with Crippen molar-refractivity contribution in [3.05, 3.63) is 44.9 Å². The Morgan fingerprint density at radius 2 is 1.75 bits per heavy atom.